The average Bonchev–Trinajstić information content (AvgIpc) is 2.70. The van der Waals surface area contributed by atoms with Crippen molar-refractivity contribution in [1.29, 1.82) is 0 Å². The Balaban J connectivity index is 1.98. The van der Waals surface area contributed by atoms with Crippen molar-refractivity contribution >= 4 is 46.5 Å². The third-order valence-electron chi connectivity index (χ3n) is 3.67. The van der Waals surface area contributed by atoms with Gasteiger partial charge >= 0.3 is 11.7 Å². The summed E-state index contributed by atoms with van der Waals surface area (Å²) in [5, 5.41) is 15.3. The zero-order valence-corrected chi connectivity index (χ0v) is 16.7. The molecule has 0 radical (unpaired) electrons. The van der Waals surface area contributed by atoms with E-state index in [1.807, 2.05) is 0 Å². The number of para-hydroxylation sites is 1. The summed E-state index contributed by atoms with van der Waals surface area (Å²) in [6.07, 6.45) is 1.22. The fraction of sp³-hybridized carbons (Fsp3) is 0.105. The van der Waals surface area contributed by atoms with E-state index in [0.29, 0.717) is 10.7 Å². The van der Waals surface area contributed by atoms with Crippen molar-refractivity contribution in [1.82, 2.24) is 9.97 Å². The van der Waals surface area contributed by atoms with E-state index in [1.54, 1.807) is 55.5 Å². The third-order valence-corrected chi connectivity index (χ3v) is 4.93. The maximum atomic E-state index is 12.2. The number of anilines is 2. The fourth-order valence-corrected chi connectivity index (χ4v) is 3.40. The number of carbonyl (C=O) groups is 1. The molecule has 10 heteroatoms. The molecule has 0 spiro atoms. The van der Waals surface area contributed by atoms with Crippen molar-refractivity contribution in [3.05, 3.63) is 75.6 Å². The number of rotatable bonds is 7. The summed E-state index contributed by atoms with van der Waals surface area (Å²) in [6, 6.07) is 13.4. The van der Waals surface area contributed by atoms with Gasteiger partial charge in [-0.25, -0.2) is 14.8 Å². The second-order valence-corrected chi connectivity index (χ2v) is 7.08. The summed E-state index contributed by atoms with van der Waals surface area (Å²) >= 11 is 7.00. The molecule has 3 rings (SSSR count). The van der Waals surface area contributed by atoms with Crippen LogP contribution in [-0.2, 0) is 4.74 Å². The number of hydrogen-bond acceptors (Lipinski definition) is 8. The van der Waals surface area contributed by atoms with Crippen molar-refractivity contribution in [2.75, 3.05) is 11.9 Å². The fourth-order valence-electron chi connectivity index (χ4n) is 2.41. The van der Waals surface area contributed by atoms with Gasteiger partial charge in [0.05, 0.1) is 22.8 Å². The molecule has 1 heterocycles. The highest BCUT2D eigenvalue weighted by Crippen LogP contribution is 2.38. The standard InChI is InChI=1S/C19H15ClN4O4S/c1-2-28-19(25)14-5-3-4-6-15(14)23-17-16(24(26)27)18(22-11-21-17)29-13-9-7-12(20)8-10-13/h3-11H,2H2,1H3,(H,21,22,23). The van der Waals surface area contributed by atoms with Gasteiger partial charge in [0.25, 0.3) is 0 Å². The molecule has 0 aliphatic rings. The Morgan fingerprint density at radius 1 is 1.21 bits per heavy atom. The van der Waals surface area contributed by atoms with Crippen molar-refractivity contribution in [3.8, 4) is 0 Å². The molecule has 1 aromatic heterocycles. The Labute approximate surface area is 175 Å². The van der Waals surface area contributed by atoms with Gasteiger partial charge in [0.2, 0.25) is 5.82 Å². The second kappa shape index (κ2) is 9.35. The number of nitro groups is 1. The molecule has 0 saturated carbocycles. The lowest BCUT2D eigenvalue weighted by atomic mass is 10.2. The van der Waals surface area contributed by atoms with Crippen LogP contribution in [-0.4, -0.2) is 27.5 Å². The van der Waals surface area contributed by atoms with Crippen molar-refractivity contribution in [2.45, 2.75) is 16.8 Å². The number of nitrogens with zero attached hydrogens (tertiary/aromatic N) is 3. The second-order valence-electron chi connectivity index (χ2n) is 5.58. The largest absolute Gasteiger partial charge is 0.462 e. The van der Waals surface area contributed by atoms with Gasteiger partial charge in [0.15, 0.2) is 5.03 Å². The Bertz CT molecular complexity index is 1050. The maximum absolute atomic E-state index is 12.2. The molecule has 29 heavy (non-hydrogen) atoms. The van der Waals surface area contributed by atoms with E-state index in [2.05, 4.69) is 15.3 Å². The van der Waals surface area contributed by atoms with Crippen LogP contribution in [0.4, 0.5) is 17.2 Å². The maximum Gasteiger partial charge on any atom is 0.343 e. The molecule has 0 bridgehead atoms. The van der Waals surface area contributed by atoms with Crippen molar-refractivity contribution < 1.29 is 14.5 Å². The van der Waals surface area contributed by atoms with Gasteiger partial charge in [-0.05, 0) is 43.3 Å². The van der Waals surface area contributed by atoms with Gasteiger partial charge < -0.3 is 10.1 Å². The number of ether oxygens (including phenoxy) is 1. The van der Waals surface area contributed by atoms with Crippen molar-refractivity contribution in [2.24, 2.45) is 0 Å². The number of benzene rings is 2. The minimum absolute atomic E-state index is 0.0294. The lowest BCUT2D eigenvalue weighted by Gasteiger charge is -2.11. The number of hydrogen-bond donors (Lipinski definition) is 1. The summed E-state index contributed by atoms with van der Waals surface area (Å²) in [7, 11) is 0. The first-order valence-electron chi connectivity index (χ1n) is 8.45. The minimum atomic E-state index is -0.562. The van der Waals surface area contributed by atoms with Gasteiger partial charge in [-0.15, -0.1) is 0 Å². The average molecular weight is 431 g/mol. The third kappa shape index (κ3) is 5.01. The summed E-state index contributed by atoms with van der Waals surface area (Å²) in [4.78, 5) is 32.2. The quantitative estimate of drug-likeness (QED) is 0.238. The molecular formula is C19H15ClN4O4S. The first kappa shape index (κ1) is 20.6. The van der Waals surface area contributed by atoms with Crippen LogP contribution in [0.3, 0.4) is 0 Å². The monoisotopic (exact) mass is 430 g/mol. The van der Waals surface area contributed by atoms with Crippen molar-refractivity contribution in [3.63, 3.8) is 0 Å². The summed E-state index contributed by atoms with van der Waals surface area (Å²) in [6.45, 7) is 1.91. The van der Waals surface area contributed by atoms with Gasteiger partial charge in [-0.3, -0.25) is 10.1 Å². The van der Waals surface area contributed by atoms with E-state index in [1.165, 1.54) is 6.33 Å². The smallest absolute Gasteiger partial charge is 0.343 e. The van der Waals surface area contributed by atoms with Gasteiger partial charge in [-0.1, -0.05) is 35.5 Å². The molecule has 0 aliphatic carbocycles. The van der Waals surface area contributed by atoms with E-state index < -0.39 is 10.9 Å². The molecule has 2 aromatic carbocycles. The molecule has 0 atom stereocenters. The van der Waals surface area contributed by atoms with E-state index in [9.17, 15) is 14.9 Å². The Morgan fingerprint density at radius 2 is 1.93 bits per heavy atom. The number of nitrogens with one attached hydrogen (secondary N) is 1. The highest BCUT2D eigenvalue weighted by molar-refractivity contribution is 7.99. The lowest BCUT2D eigenvalue weighted by molar-refractivity contribution is -0.387. The molecule has 0 saturated heterocycles. The molecule has 0 aliphatic heterocycles. The Hall–Kier alpha value is -3.17. The number of aromatic nitrogens is 2. The number of esters is 1. The number of halogens is 1. The topological polar surface area (TPSA) is 107 Å². The van der Waals surface area contributed by atoms with Crippen LogP contribution in [0, 0.1) is 10.1 Å². The van der Waals surface area contributed by atoms with E-state index in [0.717, 1.165) is 16.7 Å². The predicted octanol–water partition coefficient (Wildman–Crippen LogP) is 5.11. The van der Waals surface area contributed by atoms with Gasteiger partial charge in [-0.2, -0.15) is 0 Å². The van der Waals surface area contributed by atoms with Crippen LogP contribution in [0.5, 0.6) is 0 Å². The molecule has 0 fully saturated rings. The van der Waals surface area contributed by atoms with Gasteiger partial charge in [0, 0.05) is 9.92 Å². The minimum Gasteiger partial charge on any atom is -0.462 e. The zero-order valence-electron chi connectivity index (χ0n) is 15.2. The summed E-state index contributed by atoms with van der Waals surface area (Å²) in [5.74, 6) is -0.568. The Kier molecular flexibility index (Phi) is 6.63. The van der Waals surface area contributed by atoms with Crippen LogP contribution in [0.15, 0.2) is 64.8 Å². The van der Waals surface area contributed by atoms with Crippen LogP contribution in [0.1, 0.15) is 17.3 Å². The molecular weight excluding hydrogens is 416 g/mol. The zero-order chi connectivity index (χ0) is 20.8. The summed E-state index contributed by atoms with van der Waals surface area (Å²) in [5.41, 5.74) is 0.287. The first-order valence-corrected chi connectivity index (χ1v) is 9.65. The van der Waals surface area contributed by atoms with E-state index >= 15 is 0 Å². The molecule has 148 valence electrons. The normalized spacial score (nSPS) is 10.4. The van der Waals surface area contributed by atoms with Crippen LogP contribution in [0.25, 0.3) is 0 Å². The molecule has 0 amide bonds. The highest BCUT2D eigenvalue weighted by Gasteiger charge is 2.25. The van der Waals surface area contributed by atoms with E-state index in [-0.39, 0.29) is 28.7 Å². The number of carbonyl (C=O) groups excluding carboxylic acids is 1. The first-order chi connectivity index (χ1) is 14.0. The molecule has 0 unspecified atom stereocenters. The lowest BCUT2D eigenvalue weighted by Crippen LogP contribution is -2.09. The van der Waals surface area contributed by atoms with Crippen LogP contribution >= 0.6 is 23.4 Å². The van der Waals surface area contributed by atoms with E-state index in [4.69, 9.17) is 16.3 Å². The molecule has 3 aromatic rings. The SMILES string of the molecule is CCOC(=O)c1ccccc1Nc1ncnc(Sc2ccc(Cl)cc2)c1[N+](=O)[O-]. The van der Waals surface area contributed by atoms with Crippen LogP contribution in [0.2, 0.25) is 5.02 Å². The summed E-state index contributed by atoms with van der Waals surface area (Å²) < 4.78 is 5.04. The van der Waals surface area contributed by atoms with Crippen LogP contribution < -0.4 is 5.32 Å². The molecule has 8 nitrogen and oxygen atoms in total. The predicted molar refractivity (Wildman–Crippen MR) is 110 cm³/mol. The highest BCUT2D eigenvalue weighted by atomic mass is 35.5. The molecule has 1 N–H and O–H groups in total. The van der Waals surface area contributed by atoms with Gasteiger partial charge in [0.1, 0.15) is 6.33 Å². The Morgan fingerprint density at radius 3 is 2.62 bits per heavy atom.